The third kappa shape index (κ3) is 26.1. The Morgan fingerprint density at radius 1 is 0.311 bits per heavy atom. The Labute approximate surface area is 393 Å². The summed E-state index contributed by atoms with van der Waals surface area (Å²) in [6.45, 7) is 75.4. The molecule has 2 aliphatic carbocycles. The van der Waals surface area contributed by atoms with Crippen LogP contribution in [0.25, 0.3) is 0 Å². The smallest absolute Gasteiger partial charge is 0.0269 e. The SMILES string of the molecule is CC(C)C(C)(C)CC(C)(C)C(C)C.CC(C)C(C)CC(C)(C)C(C)C.CC(C)C(C)CC(C)(C)C(C)C.CC(C)C(C)CC(C)C(C)C.CC(C)C1(CC2(C(C)C)CC2)CC1. The molecule has 0 bridgehead atoms. The molecule has 0 aliphatic heterocycles. The summed E-state index contributed by atoms with van der Waals surface area (Å²) in [5.41, 5.74) is 3.50. The van der Waals surface area contributed by atoms with Crippen molar-refractivity contribution in [3.05, 3.63) is 0 Å². The Balaban J connectivity index is -0.000000691. The lowest BCUT2D eigenvalue weighted by atomic mass is 9.65. The summed E-state index contributed by atoms with van der Waals surface area (Å²) in [6.07, 6.45) is 13.0. The van der Waals surface area contributed by atoms with E-state index < -0.39 is 0 Å². The van der Waals surface area contributed by atoms with Crippen molar-refractivity contribution in [2.75, 3.05) is 0 Å². The van der Waals surface area contributed by atoms with Gasteiger partial charge in [0.05, 0.1) is 0 Å². The molecular formula is C61H128. The van der Waals surface area contributed by atoms with Crippen molar-refractivity contribution in [3.63, 3.8) is 0 Å². The first-order valence-corrected chi connectivity index (χ1v) is 27.1. The Morgan fingerprint density at radius 3 is 0.672 bits per heavy atom. The lowest BCUT2D eigenvalue weighted by molar-refractivity contribution is 0.102. The maximum absolute atomic E-state index is 2.42. The van der Waals surface area contributed by atoms with Crippen LogP contribution >= 0.6 is 0 Å². The first kappa shape index (κ1) is 65.3. The molecule has 0 aromatic rings. The lowest BCUT2D eigenvalue weighted by Gasteiger charge is -2.40. The molecule has 61 heavy (non-hydrogen) atoms. The molecule has 0 nitrogen and oxygen atoms in total. The van der Waals surface area contributed by atoms with Gasteiger partial charge in [-0.05, 0) is 173 Å². The quantitative estimate of drug-likeness (QED) is 0.114. The first-order chi connectivity index (χ1) is 27.1. The van der Waals surface area contributed by atoms with E-state index in [0.29, 0.717) is 21.7 Å². The molecule has 372 valence electrons. The maximum Gasteiger partial charge on any atom is -0.0269 e. The van der Waals surface area contributed by atoms with Gasteiger partial charge in [0.15, 0.2) is 0 Å². The van der Waals surface area contributed by atoms with Crippen LogP contribution in [0.15, 0.2) is 0 Å². The fraction of sp³-hybridized carbons (Fsp3) is 1.00. The minimum absolute atomic E-state index is 0.466. The second-order valence-electron chi connectivity index (χ2n) is 28.5. The molecule has 0 saturated heterocycles. The molecular weight excluding hydrogens is 733 g/mol. The molecule has 2 rings (SSSR count). The van der Waals surface area contributed by atoms with Crippen LogP contribution in [0.5, 0.6) is 0 Å². The fourth-order valence-corrected chi connectivity index (χ4v) is 8.25. The van der Waals surface area contributed by atoms with Gasteiger partial charge < -0.3 is 0 Å². The Morgan fingerprint density at radius 2 is 0.525 bits per heavy atom. The number of hydrogen-bond donors (Lipinski definition) is 0. The molecule has 0 aromatic heterocycles. The van der Waals surface area contributed by atoms with E-state index in [9.17, 15) is 0 Å². The van der Waals surface area contributed by atoms with Gasteiger partial charge in [-0.15, -0.1) is 0 Å². The maximum atomic E-state index is 2.42. The van der Waals surface area contributed by atoms with Crippen LogP contribution in [-0.4, -0.2) is 0 Å². The number of rotatable bonds is 20. The molecule has 0 N–H and O–H groups in total. The average Bonchev–Trinajstić information content (AvgIpc) is 4.02. The van der Waals surface area contributed by atoms with E-state index in [2.05, 4.69) is 222 Å². The van der Waals surface area contributed by atoms with E-state index in [1.165, 1.54) is 57.8 Å². The minimum atomic E-state index is 0.466. The zero-order valence-electron chi connectivity index (χ0n) is 49.4. The summed E-state index contributed by atoms with van der Waals surface area (Å²) in [7, 11) is 0. The van der Waals surface area contributed by atoms with Crippen molar-refractivity contribution in [2.45, 2.75) is 279 Å². The van der Waals surface area contributed by atoms with Gasteiger partial charge in [-0.3, -0.25) is 0 Å². The lowest BCUT2D eigenvalue weighted by Crippen LogP contribution is -2.30. The normalized spacial score (nSPS) is 18.4. The third-order valence-electron chi connectivity index (χ3n) is 19.1. The van der Waals surface area contributed by atoms with Gasteiger partial charge in [-0.1, -0.05) is 222 Å². The predicted molar refractivity (Wildman–Crippen MR) is 287 cm³/mol. The average molecular weight is 862 g/mol. The van der Waals surface area contributed by atoms with Gasteiger partial charge >= 0.3 is 0 Å². The van der Waals surface area contributed by atoms with E-state index >= 15 is 0 Å². The highest BCUT2D eigenvalue weighted by molar-refractivity contribution is 5.06. The van der Waals surface area contributed by atoms with Crippen molar-refractivity contribution in [1.82, 2.24) is 0 Å². The van der Waals surface area contributed by atoms with E-state index in [1.807, 2.05) is 0 Å². The molecule has 0 amide bonds. The molecule has 4 atom stereocenters. The standard InChI is InChI=1S/C13H24.C13H28.2C12H26.C11H24/c1-10(2)12(5-6-12)9-13(7-8-13)11(3)4;1-10(2)12(5,6)9-13(7,8)11(3)4;2*1-9(2)11(5)8-12(6,7)10(3)4;1-8(2)10(5)7-11(6)9(3)4/h10-11H,5-9H2,1-4H3;10-11H,9H2,1-8H3;2*9-11H,8H2,1-7H3;8-11H,7H2,1-6H3. The van der Waals surface area contributed by atoms with Crippen LogP contribution < -0.4 is 0 Å². The second-order valence-corrected chi connectivity index (χ2v) is 28.5. The van der Waals surface area contributed by atoms with Gasteiger partial charge in [0.1, 0.15) is 0 Å². The molecule has 2 aliphatic rings. The van der Waals surface area contributed by atoms with Gasteiger partial charge in [-0.25, -0.2) is 0 Å². The minimum Gasteiger partial charge on any atom is -0.0625 e. The molecule has 0 spiro atoms. The van der Waals surface area contributed by atoms with Crippen molar-refractivity contribution in [1.29, 1.82) is 0 Å². The summed E-state index contributed by atoms with van der Waals surface area (Å²) in [5.74, 6) is 11.8. The monoisotopic (exact) mass is 861 g/mol. The van der Waals surface area contributed by atoms with Crippen LogP contribution in [0.1, 0.15) is 279 Å². The van der Waals surface area contributed by atoms with Crippen LogP contribution in [-0.2, 0) is 0 Å². The highest BCUT2D eigenvalue weighted by atomic mass is 14.6. The van der Waals surface area contributed by atoms with Crippen molar-refractivity contribution >= 4 is 0 Å². The van der Waals surface area contributed by atoms with Gasteiger partial charge in [0.2, 0.25) is 0 Å². The van der Waals surface area contributed by atoms with Crippen LogP contribution in [0.4, 0.5) is 0 Å². The van der Waals surface area contributed by atoms with E-state index in [-0.39, 0.29) is 0 Å². The fourth-order valence-electron chi connectivity index (χ4n) is 8.25. The molecule has 2 saturated carbocycles. The van der Waals surface area contributed by atoms with Gasteiger partial charge in [0, 0.05) is 0 Å². The summed E-state index contributed by atoms with van der Waals surface area (Å²) in [6, 6.07) is 0. The first-order valence-electron chi connectivity index (χ1n) is 27.1. The molecule has 4 unspecified atom stereocenters. The summed E-state index contributed by atoms with van der Waals surface area (Å²) < 4.78 is 0. The highest BCUT2D eigenvalue weighted by Crippen LogP contribution is 2.66. The molecule has 0 heterocycles. The van der Waals surface area contributed by atoms with E-state index in [4.69, 9.17) is 0 Å². The second kappa shape index (κ2) is 27.6. The Hall–Kier alpha value is 0. The van der Waals surface area contributed by atoms with Crippen molar-refractivity contribution in [2.24, 2.45) is 115 Å². The molecule has 0 heteroatoms. The third-order valence-corrected chi connectivity index (χ3v) is 19.1. The van der Waals surface area contributed by atoms with Gasteiger partial charge in [0.25, 0.3) is 0 Å². The zero-order valence-corrected chi connectivity index (χ0v) is 49.4. The summed E-state index contributed by atoms with van der Waals surface area (Å²) in [5, 5.41) is 0. The van der Waals surface area contributed by atoms with Gasteiger partial charge in [-0.2, -0.15) is 0 Å². The van der Waals surface area contributed by atoms with Crippen molar-refractivity contribution in [3.8, 4) is 0 Å². The summed E-state index contributed by atoms with van der Waals surface area (Å²) in [4.78, 5) is 0. The summed E-state index contributed by atoms with van der Waals surface area (Å²) >= 11 is 0. The highest BCUT2D eigenvalue weighted by Gasteiger charge is 2.56. The molecule has 2 fully saturated rings. The van der Waals surface area contributed by atoms with Crippen molar-refractivity contribution < 1.29 is 0 Å². The Kier molecular flexibility index (Phi) is 29.5. The topological polar surface area (TPSA) is 0 Å². The van der Waals surface area contributed by atoms with Crippen LogP contribution in [0.3, 0.4) is 0 Å². The van der Waals surface area contributed by atoms with E-state index in [1.54, 1.807) is 0 Å². The Bertz CT molecular complexity index is 971. The molecule has 0 aromatic carbocycles. The predicted octanol–water partition coefficient (Wildman–Crippen LogP) is 21.7. The zero-order chi connectivity index (χ0) is 49.4. The van der Waals surface area contributed by atoms with Crippen LogP contribution in [0.2, 0.25) is 0 Å². The van der Waals surface area contributed by atoms with Crippen LogP contribution in [0, 0.1) is 115 Å². The largest absolute Gasteiger partial charge is 0.0625 e. The molecule has 0 radical (unpaired) electrons. The number of hydrogen-bond acceptors (Lipinski definition) is 0. The van der Waals surface area contributed by atoms with E-state index in [0.717, 1.165) is 93.7 Å².